The lowest BCUT2D eigenvalue weighted by Crippen LogP contribution is -2.12. The second-order valence-electron chi connectivity index (χ2n) is 6.13. The second-order valence-corrected chi connectivity index (χ2v) is 9.53. The predicted molar refractivity (Wildman–Crippen MR) is 105 cm³/mol. The first-order valence-electron chi connectivity index (χ1n) is 8.29. The van der Waals surface area contributed by atoms with E-state index in [2.05, 4.69) is 14.9 Å². The molecule has 1 saturated carbocycles. The zero-order valence-electron chi connectivity index (χ0n) is 14.9. The lowest BCUT2D eigenvalue weighted by molar-refractivity contribution is 0.396. The van der Waals surface area contributed by atoms with E-state index in [1.54, 1.807) is 6.07 Å². The first kappa shape index (κ1) is 19.0. The summed E-state index contributed by atoms with van der Waals surface area (Å²) < 4.78 is 44.2. The predicted octanol–water partition coefficient (Wildman–Crippen LogP) is 4.15. The molecule has 0 bridgehead atoms. The molecule has 1 aliphatic rings. The first-order chi connectivity index (χ1) is 13.4. The Hall–Kier alpha value is -2.30. The number of hydrogen-bond donors (Lipinski definition) is 1. The average Bonchev–Trinajstić information content (AvgIpc) is 3.19. The molecule has 1 aliphatic carbocycles. The van der Waals surface area contributed by atoms with Crippen LogP contribution >= 0.6 is 22.9 Å². The van der Waals surface area contributed by atoms with Crippen LogP contribution in [0, 0.1) is 0 Å². The topological polar surface area (TPSA) is 104 Å². The molecule has 0 atom stereocenters. The summed E-state index contributed by atoms with van der Waals surface area (Å²) in [6.45, 7) is 0. The lowest BCUT2D eigenvalue weighted by Gasteiger charge is -2.13. The molecule has 0 amide bonds. The number of nitrogens with one attached hydrogen (secondary N) is 1. The van der Waals surface area contributed by atoms with Crippen LogP contribution in [0.4, 0.5) is 5.69 Å². The number of anilines is 1. The van der Waals surface area contributed by atoms with Crippen molar-refractivity contribution in [2.75, 3.05) is 18.9 Å². The summed E-state index contributed by atoms with van der Waals surface area (Å²) in [6.07, 6.45) is 2.09. The van der Waals surface area contributed by atoms with Gasteiger partial charge in [-0.15, -0.1) is 21.5 Å². The summed E-state index contributed by atoms with van der Waals surface area (Å²) in [6, 6.07) is 6.08. The molecule has 148 valence electrons. The number of nitrogens with zero attached hydrogens (tertiary/aromatic N) is 2. The summed E-state index contributed by atoms with van der Waals surface area (Å²) in [5, 5.41) is 8.29. The Balaban J connectivity index is 1.60. The Morgan fingerprint density at radius 3 is 2.61 bits per heavy atom. The van der Waals surface area contributed by atoms with Gasteiger partial charge in [0.2, 0.25) is 5.89 Å². The number of halogens is 1. The zero-order valence-corrected chi connectivity index (χ0v) is 17.3. The fraction of sp³-hybridized carbons (Fsp3) is 0.294. The number of sulfonamides is 1. The van der Waals surface area contributed by atoms with Crippen molar-refractivity contribution in [1.82, 2.24) is 10.2 Å². The summed E-state index contributed by atoms with van der Waals surface area (Å²) in [7, 11) is -0.978. The fourth-order valence-electron chi connectivity index (χ4n) is 2.54. The fourth-order valence-corrected chi connectivity index (χ4v) is 5.07. The largest absolute Gasteiger partial charge is 0.495 e. The van der Waals surface area contributed by atoms with Crippen LogP contribution in [-0.2, 0) is 10.0 Å². The monoisotopic (exact) mass is 441 g/mol. The van der Waals surface area contributed by atoms with E-state index in [4.69, 9.17) is 25.5 Å². The molecule has 0 unspecified atom stereocenters. The van der Waals surface area contributed by atoms with Crippen LogP contribution in [0.3, 0.4) is 0 Å². The third-order valence-electron chi connectivity index (χ3n) is 4.14. The van der Waals surface area contributed by atoms with Gasteiger partial charge in [0.05, 0.1) is 29.8 Å². The van der Waals surface area contributed by atoms with E-state index in [0.717, 1.165) is 24.2 Å². The van der Waals surface area contributed by atoms with Gasteiger partial charge in [-0.2, -0.15) is 0 Å². The van der Waals surface area contributed by atoms with Crippen molar-refractivity contribution in [2.45, 2.75) is 23.0 Å². The van der Waals surface area contributed by atoms with Crippen molar-refractivity contribution in [2.24, 2.45) is 0 Å². The van der Waals surface area contributed by atoms with Gasteiger partial charge in [-0.1, -0.05) is 11.6 Å². The van der Waals surface area contributed by atoms with E-state index in [1.165, 1.54) is 32.4 Å². The van der Waals surface area contributed by atoms with Crippen LogP contribution in [0.15, 0.2) is 32.9 Å². The highest BCUT2D eigenvalue weighted by atomic mass is 35.5. The quantitative estimate of drug-likeness (QED) is 0.587. The highest BCUT2D eigenvalue weighted by Crippen LogP contribution is 2.41. The van der Waals surface area contributed by atoms with Crippen LogP contribution in [0.25, 0.3) is 10.8 Å². The molecule has 2 aromatic heterocycles. The number of aromatic nitrogens is 2. The molecular weight excluding hydrogens is 426 g/mol. The standard InChI is InChI=1S/C17H16ClN3O5S2/c1-24-12-8-13(25-2)11(7-10(12)18)21-28(22,23)15-6-5-14(27-15)17-20-19-16(26-17)9-3-4-9/h5-9,21H,3-4H2,1-2H3. The first-order valence-corrected chi connectivity index (χ1v) is 11.0. The molecule has 0 saturated heterocycles. The van der Waals surface area contributed by atoms with Crippen LogP contribution in [0.5, 0.6) is 11.5 Å². The van der Waals surface area contributed by atoms with Gasteiger partial charge in [0.25, 0.3) is 15.9 Å². The number of benzene rings is 1. The molecule has 28 heavy (non-hydrogen) atoms. The van der Waals surface area contributed by atoms with Crippen molar-refractivity contribution < 1.29 is 22.3 Å². The summed E-state index contributed by atoms with van der Waals surface area (Å²) in [4.78, 5) is 0.583. The Bertz CT molecular complexity index is 1120. The SMILES string of the molecule is COc1cc(OC)c(NS(=O)(=O)c2ccc(-c3nnc(C4CC4)o3)s2)cc1Cl. The van der Waals surface area contributed by atoms with Crippen molar-refractivity contribution in [1.29, 1.82) is 0 Å². The number of thiophene rings is 1. The van der Waals surface area contributed by atoms with E-state index >= 15 is 0 Å². The van der Waals surface area contributed by atoms with Gasteiger partial charge in [-0.3, -0.25) is 4.72 Å². The average molecular weight is 442 g/mol. The highest BCUT2D eigenvalue weighted by molar-refractivity contribution is 7.94. The van der Waals surface area contributed by atoms with Gasteiger partial charge >= 0.3 is 0 Å². The molecule has 0 aliphatic heterocycles. The molecule has 8 nitrogen and oxygen atoms in total. The van der Waals surface area contributed by atoms with E-state index in [9.17, 15) is 8.42 Å². The smallest absolute Gasteiger partial charge is 0.271 e. The minimum Gasteiger partial charge on any atom is -0.495 e. The third-order valence-corrected chi connectivity index (χ3v) is 7.37. The number of hydrogen-bond acceptors (Lipinski definition) is 8. The van der Waals surface area contributed by atoms with Crippen LogP contribution in [0.1, 0.15) is 24.7 Å². The maximum atomic E-state index is 12.8. The Kier molecular flexibility index (Phi) is 4.94. The number of ether oxygens (including phenoxy) is 2. The van der Waals surface area contributed by atoms with Gasteiger partial charge in [-0.05, 0) is 31.0 Å². The van der Waals surface area contributed by atoms with Crippen molar-refractivity contribution in [3.8, 4) is 22.3 Å². The zero-order chi connectivity index (χ0) is 19.9. The van der Waals surface area contributed by atoms with Crippen molar-refractivity contribution in [3.63, 3.8) is 0 Å². The van der Waals surface area contributed by atoms with Gasteiger partial charge in [0.1, 0.15) is 15.7 Å². The maximum absolute atomic E-state index is 12.8. The molecule has 4 rings (SSSR count). The molecular formula is C17H16ClN3O5S2. The minimum atomic E-state index is -3.87. The van der Waals surface area contributed by atoms with Gasteiger partial charge in [0.15, 0.2) is 0 Å². The Labute approximate surface area is 170 Å². The van der Waals surface area contributed by atoms with E-state index in [1.807, 2.05) is 0 Å². The normalized spacial score (nSPS) is 14.1. The molecule has 1 N–H and O–H groups in total. The molecule has 11 heteroatoms. The van der Waals surface area contributed by atoms with Crippen molar-refractivity contribution in [3.05, 3.63) is 35.2 Å². The maximum Gasteiger partial charge on any atom is 0.271 e. The summed E-state index contributed by atoms with van der Waals surface area (Å²) in [5.41, 5.74) is 0.206. The van der Waals surface area contributed by atoms with Crippen LogP contribution < -0.4 is 14.2 Å². The summed E-state index contributed by atoms with van der Waals surface area (Å²) in [5.74, 6) is 1.91. The minimum absolute atomic E-state index is 0.0997. The summed E-state index contributed by atoms with van der Waals surface area (Å²) >= 11 is 7.15. The van der Waals surface area contributed by atoms with Crippen molar-refractivity contribution >= 4 is 38.6 Å². The molecule has 1 aromatic carbocycles. The van der Waals surface area contributed by atoms with E-state index < -0.39 is 10.0 Å². The highest BCUT2D eigenvalue weighted by Gasteiger charge is 2.30. The van der Waals surface area contributed by atoms with Gasteiger partial charge in [-0.25, -0.2) is 8.42 Å². The van der Waals surface area contributed by atoms with Gasteiger partial charge in [0, 0.05) is 12.0 Å². The molecule has 2 heterocycles. The second kappa shape index (κ2) is 7.26. The van der Waals surface area contributed by atoms with E-state index in [0.29, 0.717) is 28.3 Å². The number of methoxy groups -OCH3 is 2. The lowest BCUT2D eigenvalue weighted by atomic mass is 10.3. The molecule has 0 spiro atoms. The van der Waals surface area contributed by atoms with E-state index in [-0.39, 0.29) is 20.7 Å². The third kappa shape index (κ3) is 3.67. The Morgan fingerprint density at radius 2 is 1.93 bits per heavy atom. The molecule has 0 radical (unpaired) electrons. The van der Waals surface area contributed by atoms with Crippen LogP contribution in [-0.4, -0.2) is 32.8 Å². The number of rotatable bonds is 7. The van der Waals surface area contributed by atoms with Gasteiger partial charge < -0.3 is 13.9 Å². The molecule has 1 fully saturated rings. The Morgan fingerprint density at radius 1 is 1.18 bits per heavy atom. The molecule has 3 aromatic rings. The van der Waals surface area contributed by atoms with Crippen LogP contribution in [0.2, 0.25) is 5.02 Å².